The fourth-order valence-electron chi connectivity index (χ4n) is 3.31. The molecule has 2 N–H and O–H groups in total. The third-order valence-electron chi connectivity index (χ3n) is 5.23. The lowest BCUT2D eigenvalue weighted by Crippen LogP contribution is -2.36. The van der Waals surface area contributed by atoms with E-state index in [9.17, 15) is 17.8 Å². The second-order valence-electron chi connectivity index (χ2n) is 7.32. The smallest absolute Gasteiger partial charge is 0.254 e. The normalized spacial score (nSPS) is 16.9. The van der Waals surface area contributed by atoms with Crippen LogP contribution < -0.4 is 15.6 Å². The fourth-order valence-corrected chi connectivity index (χ4v) is 5.42. The zero-order valence-corrected chi connectivity index (χ0v) is 17.0. The van der Waals surface area contributed by atoms with Crippen LogP contribution in [-0.2, 0) is 21.4 Å². The van der Waals surface area contributed by atoms with Crippen molar-refractivity contribution >= 4 is 27.3 Å². The van der Waals surface area contributed by atoms with Crippen molar-refractivity contribution in [1.82, 2.24) is 4.57 Å². The molecule has 2 aromatic rings. The number of anilines is 3. The molecule has 0 spiro atoms. The molecule has 8 heteroatoms. The molecule has 28 heavy (non-hydrogen) atoms. The van der Waals surface area contributed by atoms with Gasteiger partial charge in [0.15, 0.2) is 14.9 Å². The fraction of sp³-hybridized carbons (Fsp3) is 0.350. The van der Waals surface area contributed by atoms with Crippen LogP contribution in [0.4, 0.5) is 26.0 Å². The molecule has 1 aliphatic rings. The highest BCUT2D eigenvalue weighted by Crippen LogP contribution is 2.50. The number of hydrogen-bond donors (Lipinski definition) is 2. The van der Waals surface area contributed by atoms with Crippen molar-refractivity contribution in [2.24, 2.45) is 7.05 Å². The number of rotatable bonds is 7. The molecular formula is C20H24F2N3O2S+. The van der Waals surface area contributed by atoms with E-state index >= 15 is 0 Å². The predicted octanol–water partition coefficient (Wildman–Crippen LogP) is 4.28. The molecule has 1 aliphatic carbocycles. The molecule has 1 aromatic heterocycles. The number of hydrogen-bond acceptors (Lipinski definition) is 3. The van der Waals surface area contributed by atoms with Crippen LogP contribution in [0.1, 0.15) is 24.8 Å². The van der Waals surface area contributed by atoms with Crippen LogP contribution in [0.2, 0.25) is 0 Å². The van der Waals surface area contributed by atoms with Gasteiger partial charge in [-0.25, -0.2) is 13.5 Å². The lowest BCUT2D eigenvalue weighted by atomic mass is 10.2. The largest absolute Gasteiger partial charge is 0.337 e. The number of aromatic nitrogens is 1. The average molecular weight is 408 g/mol. The van der Waals surface area contributed by atoms with Gasteiger partial charge < -0.3 is 5.32 Å². The number of halogens is 2. The van der Waals surface area contributed by atoms with Gasteiger partial charge in [-0.3, -0.25) is 9.36 Å². The van der Waals surface area contributed by atoms with E-state index in [4.69, 9.17) is 0 Å². The number of nitrogens with one attached hydrogen (secondary N) is 2. The third-order valence-corrected chi connectivity index (χ3v) is 8.07. The number of pyridine rings is 1. The van der Waals surface area contributed by atoms with Gasteiger partial charge in [0.1, 0.15) is 29.4 Å². The first kappa shape index (κ1) is 20.3. The number of allylic oxidation sites excluding steroid dienone is 1. The summed E-state index contributed by atoms with van der Waals surface area (Å²) in [6.07, 6.45) is 5.68. The van der Waals surface area contributed by atoms with E-state index in [0.29, 0.717) is 17.7 Å². The monoisotopic (exact) mass is 408 g/mol. The number of benzene rings is 1. The van der Waals surface area contributed by atoms with Crippen LogP contribution in [0.25, 0.3) is 0 Å². The van der Waals surface area contributed by atoms with Gasteiger partial charge in [0, 0.05) is 37.9 Å². The van der Waals surface area contributed by atoms with Crippen molar-refractivity contribution in [3.05, 3.63) is 64.5 Å². The van der Waals surface area contributed by atoms with Crippen molar-refractivity contribution in [2.45, 2.75) is 30.9 Å². The SMILES string of the molecule is C=CCC1([S+](C)(=O)Nc2cc(C)c(=O)n(C)c2Nc2ccc(F)cc2F)CC1. The molecule has 1 fully saturated rings. The summed E-state index contributed by atoms with van der Waals surface area (Å²) in [5.74, 6) is -1.23. The van der Waals surface area contributed by atoms with Crippen LogP contribution in [0, 0.1) is 18.6 Å². The molecule has 0 bridgehead atoms. The summed E-state index contributed by atoms with van der Waals surface area (Å²) in [5.41, 5.74) is 0.619. The quantitative estimate of drug-likeness (QED) is 0.531. The summed E-state index contributed by atoms with van der Waals surface area (Å²) < 4.78 is 44.9. The molecule has 3 rings (SSSR count). The van der Waals surface area contributed by atoms with Gasteiger partial charge >= 0.3 is 0 Å². The number of aryl methyl sites for hydroxylation is 1. The van der Waals surface area contributed by atoms with Gasteiger partial charge in [0.2, 0.25) is 0 Å². The van der Waals surface area contributed by atoms with Gasteiger partial charge in [-0.1, -0.05) is 10.3 Å². The Morgan fingerprint density at radius 2 is 1.96 bits per heavy atom. The Hall–Kier alpha value is -2.48. The summed E-state index contributed by atoms with van der Waals surface area (Å²) in [4.78, 5) is 12.4. The summed E-state index contributed by atoms with van der Waals surface area (Å²) >= 11 is 0. The Balaban J connectivity index is 2.05. The summed E-state index contributed by atoms with van der Waals surface area (Å²) in [5, 5.41) is 2.84. The minimum Gasteiger partial charge on any atom is -0.337 e. The van der Waals surface area contributed by atoms with E-state index < -0.39 is 21.8 Å². The highest BCUT2D eigenvalue weighted by molar-refractivity contribution is 8.05. The first-order valence-electron chi connectivity index (χ1n) is 8.90. The van der Waals surface area contributed by atoms with Gasteiger partial charge in [-0.15, -0.1) is 6.58 Å². The van der Waals surface area contributed by atoms with Crippen molar-refractivity contribution in [1.29, 1.82) is 0 Å². The van der Waals surface area contributed by atoms with Crippen LogP contribution >= 0.6 is 0 Å². The van der Waals surface area contributed by atoms with E-state index in [0.717, 1.165) is 25.0 Å². The molecule has 1 heterocycles. The Bertz CT molecular complexity index is 1040. The zero-order valence-electron chi connectivity index (χ0n) is 16.1. The van der Waals surface area contributed by atoms with Gasteiger partial charge in [0.05, 0.1) is 5.69 Å². The molecule has 1 unspecified atom stereocenters. The third kappa shape index (κ3) is 3.61. The lowest BCUT2D eigenvalue weighted by Gasteiger charge is -2.22. The highest BCUT2D eigenvalue weighted by atomic mass is 32.3. The van der Waals surface area contributed by atoms with Gasteiger partial charge in [-0.05, 0) is 25.1 Å². The molecule has 1 saturated carbocycles. The van der Waals surface area contributed by atoms with E-state index in [2.05, 4.69) is 16.6 Å². The second-order valence-corrected chi connectivity index (χ2v) is 10.1. The van der Waals surface area contributed by atoms with E-state index in [1.54, 1.807) is 32.4 Å². The van der Waals surface area contributed by atoms with Crippen molar-refractivity contribution in [3.63, 3.8) is 0 Å². The Kier molecular flexibility index (Phi) is 5.18. The van der Waals surface area contributed by atoms with Crippen molar-refractivity contribution in [2.75, 3.05) is 16.3 Å². The first-order chi connectivity index (χ1) is 13.1. The Labute approximate surface area is 164 Å². The predicted molar refractivity (Wildman–Crippen MR) is 110 cm³/mol. The van der Waals surface area contributed by atoms with Crippen molar-refractivity contribution < 1.29 is 13.0 Å². The number of nitrogens with zero attached hydrogens (tertiary/aromatic N) is 1. The summed E-state index contributed by atoms with van der Waals surface area (Å²) in [6, 6.07) is 4.73. The molecular weight excluding hydrogens is 384 g/mol. The lowest BCUT2D eigenvalue weighted by molar-refractivity contribution is 0.579. The minimum absolute atomic E-state index is 0.0122. The standard InChI is InChI=1S/C20H23F2N3O2S/c1-5-8-20(9-10-20)28(4,27)24-17-11-13(2)19(26)25(3)18(17)23-16-7-6-14(21)12-15(16)22/h5-7,11-12H,1,8-10H2,2-4H3,(H-,23,24,26,27)/p+1. The highest BCUT2D eigenvalue weighted by Gasteiger charge is 2.60. The minimum atomic E-state index is -2.52. The topological polar surface area (TPSA) is 63.1 Å². The maximum absolute atomic E-state index is 14.1. The second kappa shape index (κ2) is 7.16. The van der Waals surface area contributed by atoms with Crippen LogP contribution in [0.15, 0.2) is 41.7 Å². The van der Waals surface area contributed by atoms with E-state index in [-0.39, 0.29) is 21.8 Å². The van der Waals surface area contributed by atoms with Crippen LogP contribution in [-0.4, -0.2) is 15.6 Å². The average Bonchev–Trinajstić information content (AvgIpc) is 3.40. The summed E-state index contributed by atoms with van der Waals surface area (Å²) in [7, 11) is -0.982. The molecule has 150 valence electrons. The molecule has 1 atom stereocenters. The van der Waals surface area contributed by atoms with Crippen LogP contribution in [0.5, 0.6) is 0 Å². The molecule has 1 aromatic carbocycles. The van der Waals surface area contributed by atoms with Gasteiger partial charge in [0.25, 0.3) is 5.56 Å². The van der Waals surface area contributed by atoms with Gasteiger partial charge in [-0.2, -0.15) is 0 Å². The summed E-state index contributed by atoms with van der Waals surface area (Å²) in [6.45, 7) is 5.41. The molecule has 0 amide bonds. The Morgan fingerprint density at radius 1 is 1.29 bits per heavy atom. The van der Waals surface area contributed by atoms with Crippen LogP contribution in [0.3, 0.4) is 0 Å². The van der Waals surface area contributed by atoms with E-state index in [1.165, 1.54) is 10.6 Å². The molecule has 0 radical (unpaired) electrons. The molecule has 0 aliphatic heterocycles. The zero-order chi connectivity index (χ0) is 20.7. The molecule has 5 nitrogen and oxygen atoms in total. The maximum atomic E-state index is 14.1. The first-order valence-corrected chi connectivity index (χ1v) is 10.9. The Morgan fingerprint density at radius 3 is 2.54 bits per heavy atom. The van der Waals surface area contributed by atoms with Crippen molar-refractivity contribution in [3.8, 4) is 0 Å². The maximum Gasteiger partial charge on any atom is 0.254 e. The molecule has 0 saturated heterocycles. The van der Waals surface area contributed by atoms with E-state index in [1.807, 2.05) is 0 Å².